The van der Waals surface area contributed by atoms with Crippen LogP contribution in [0.5, 0.6) is 0 Å². The second-order valence-electron chi connectivity index (χ2n) is 4.00. The third-order valence-corrected chi connectivity index (χ3v) is 4.45. The molecule has 1 heterocycles. The highest BCUT2D eigenvalue weighted by Gasteiger charge is 2.23. The fraction of sp³-hybridized carbons (Fsp3) is 0.250. The van der Waals surface area contributed by atoms with Crippen molar-refractivity contribution >= 4 is 15.7 Å². The number of hydrogen-bond donors (Lipinski definition) is 1. The van der Waals surface area contributed by atoms with E-state index in [9.17, 15) is 12.8 Å². The predicted molar refractivity (Wildman–Crippen MR) is 70.0 cm³/mol. The number of aromatic nitrogens is 2. The maximum Gasteiger partial charge on any atom is 0.281 e. The number of hydrogen-bond acceptors (Lipinski definition) is 3. The van der Waals surface area contributed by atoms with E-state index >= 15 is 0 Å². The summed E-state index contributed by atoms with van der Waals surface area (Å²) in [5.41, 5.74) is 0.257. The van der Waals surface area contributed by atoms with E-state index in [1.54, 1.807) is 0 Å². The molecule has 0 amide bonds. The quantitative estimate of drug-likeness (QED) is 0.932. The minimum atomic E-state index is -3.75. The van der Waals surface area contributed by atoms with E-state index in [4.69, 9.17) is 0 Å². The van der Waals surface area contributed by atoms with Crippen LogP contribution in [0.3, 0.4) is 0 Å². The number of rotatable bonds is 4. The van der Waals surface area contributed by atoms with E-state index in [0.717, 1.165) is 10.4 Å². The van der Waals surface area contributed by atoms with E-state index in [1.165, 1.54) is 31.4 Å². The normalized spacial score (nSPS) is 11.5. The van der Waals surface area contributed by atoms with Gasteiger partial charge in [-0.15, -0.1) is 0 Å². The molecule has 0 aliphatic heterocycles. The Labute approximate surface area is 111 Å². The standard InChI is InChI=1S/C12H14FN3O2S/c1-3-11-14-8-12(15-11)19(17,18)16(2)10-6-4-5-9(13)7-10/h4-8H,3H2,1-2H3,(H,14,15). The summed E-state index contributed by atoms with van der Waals surface area (Å²) in [4.78, 5) is 6.69. The molecule has 0 saturated heterocycles. The molecular formula is C12H14FN3O2S. The monoisotopic (exact) mass is 283 g/mol. The van der Waals surface area contributed by atoms with Gasteiger partial charge in [0.25, 0.3) is 10.0 Å². The smallest absolute Gasteiger partial charge is 0.281 e. The number of H-pyrrole nitrogens is 1. The first-order chi connectivity index (χ1) is 8.95. The summed E-state index contributed by atoms with van der Waals surface area (Å²) in [7, 11) is -2.38. The van der Waals surface area contributed by atoms with Crippen LogP contribution in [0.2, 0.25) is 0 Å². The van der Waals surface area contributed by atoms with E-state index in [0.29, 0.717) is 12.2 Å². The number of halogens is 1. The Bertz CT molecular complexity index is 682. The van der Waals surface area contributed by atoms with Crippen LogP contribution >= 0.6 is 0 Å². The van der Waals surface area contributed by atoms with Crippen molar-refractivity contribution in [2.45, 2.75) is 18.4 Å². The van der Waals surface area contributed by atoms with Crippen molar-refractivity contribution in [3.05, 3.63) is 42.1 Å². The van der Waals surface area contributed by atoms with Crippen LogP contribution in [0.25, 0.3) is 0 Å². The minimum Gasteiger partial charge on any atom is -0.332 e. The average Bonchev–Trinajstić information content (AvgIpc) is 2.87. The lowest BCUT2D eigenvalue weighted by molar-refractivity contribution is 0.590. The van der Waals surface area contributed by atoms with Crippen molar-refractivity contribution in [2.24, 2.45) is 0 Å². The van der Waals surface area contributed by atoms with Gasteiger partial charge in [-0.05, 0) is 18.2 Å². The number of benzene rings is 1. The van der Waals surface area contributed by atoms with E-state index in [1.807, 2.05) is 6.92 Å². The summed E-state index contributed by atoms with van der Waals surface area (Å²) in [5.74, 6) is 0.102. The van der Waals surface area contributed by atoms with Gasteiger partial charge in [-0.2, -0.15) is 8.42 Å². The molecular weight excluding hydrogens is 269 g/mol. The van der Waals surface area contributed by atoms with Crippen LogP contribution in [0.1, 0.15) is 12.7 Å². The van der Waals surface area contributed by atoms with Gasteiger partial charge in [0.1, 0.15) is 11.6 Å². The summed E-state index contributed by atoms with van der Waals surface area (Å²) in [5, 5.41) is -0.00360. The Morgan fingerprint density at radius 2 is 2.16 bits per heavy atom. The summed E-state index contributed by atoms with van der Waals surface area (Å²) < 4.78 is 38.8. The molecule has 0 saturated carbocycles. The molecule has 19 heavy (non-hydrogen) atoms. The Balaban J connectivity index is 2.39. The largest absolute Gasteiger partial charge is 0.332 e. The Hall–Kier alpha value is -1.89. The lowest BCUT2D eigenvalue weighted by Gasteiger charge is -2.18. The van der Waals surface area contributed by atoms with Gasteiger partial charge in [0.05, 0.1) is 11.9 Å². The van der Waals surface area contributed by atoms with Gasteiger partial charge in [-0.1, -0.05) is 13.0 Å². The molecule has 7 heteroatoms. The zero-order chi connectivity index (χ0) is 14.0. The molecule has 0 radical (unpaired) electrons. The van der Waals surface area contributed by atoms with Crippen molar-refractivity contribution in [1.82, 2.24) is 9.97 Å². The molecule has 0 bridgehead atoms. The number of imidazole rings is 1. The number of aryl methyl sites for hydroxylation is 1. The van der Waals surface area contributed by atoms with Crippen LogP contribution in [-0.4, -0.2) is 25.4 Å². The van der Waals surface area contributed by atoms with Crippen molar-refractivity contribution in [3.63, 3.8) is 0 Å². The molecule has 5 nitrogen and oxygen atoms in total. The zero-order valence-corrected chi connectivity index (χ0v) is 11.4. The van der Waals surface area contributed by atoms with Crippen molar-refractivity contribution in [2.75, 3.05) is 11.4 Å². The summed E-state index contributed by atoms with van der Waals surface area (Å²) in [6, 6.07) is 5.41. The lowest BCUT2D eigenvalue weighted by Crippen LogP contribution is -2.26. The first-order valence-electron chi connectivity index (χ1n) is 5.73. The molecule has 102 valence electrons. The highest BCUT2D eigenvalue weighted by atomic mass is 32.2. The highest BCUT2D eigenvalue weighted by molar-refractivity contribution is 7.92. The van der Waals surface area contributed by atoms with Crippen LogP contribution in [0.4, 0.5) is 10.1 Å². The van der Waals surface area contributed by atoms with Crippen molar-refractivity contribution < 1.29 is 12.8 Å². The van der Waals surface area contributed by atoms with E-state index in [2.05, 4.69) is 9.97 Å². The first kappa shape index (κ1) is 13.5. The molecule has 2 rings (SSSR count). The predicted octanol–water partition coefficient (Wildman–Crippen LogP) is 1.94. The summed E-state index contributed by atoms with van der Waals surface area (Å²) in [6.07, 6.45) is 1.88. The Morgan fingerprint density at radius 3 is 2.74 bits per heavy atom. The Morgan fingerprint density at radius 1 is 1.42 bits per heavy atom. The SMILES string of the molecule is CCc1ncc(S(=O)(=O)N(C)c2cccc(F)c2)[nH]1. The molecule has 0 fully saturated rings. The fourth-order valence-corrected chi connectivity index (χ4v) is 2.73. The van der Waals surface area contributed by atoms with E-state index < -0.39 is 15.8 Å². The van der Waals surface area contributed by atoms with Gasteiger partial charge in [0, 0.05) is 13.5 Å². The molecule has 0 unspecified atom stereocenters. The third kappa shape index (κ3) is 2.60. The van der Waals surface area contributed by atoms with Gasteiger partial charge < -0.3 is 4.98 Å². The molecule has 1 aromatic carbocycles. The topological polar surface area (TPSA) is 66.1 Å². The van der Waals surface area contributed by atoms with Gasteiger partial charge in [0.2, 0.25) is 0 Å². The van der Waals surface area contributed by atoms with Crippen LogP contribution in [0, 0.1) is 5.82 Å². The number of aromatic amines is 1. The number of nitrogens with zero attached hydrogens (tertiary/aromatic N) is 2. The summed E-state index contributed by atoms with van der Waals surface area (Å²) in [6.45, 7) is 1.87. The van der Waals surface area contributed by atoms with Crippen LogP contribution < -0.4 is 4.31 Å². The average molecular weight is 283 g/mol. The van der Waals surface area contributed by atoms with Crippen molar-refractivity contribution in [3.8, 4) is 0 Å². The molecule has 0 atom stereocenters. The third-order valence-electron chi connectivity index (χ3n) is 2.75. The second-order valence-corrected chi connectivity index (χ2v) is 5.94. The van der Waals surface area contributed by atoms with Gasteiger partial charge in [-0.3, -0.25) is 4.31 Å². The molecule has 2 aromatic rings. The maximum absolute atomic E-state index is 13.1. The number of anilines is 1. The zero-order valence-electron chi connectivity index (χ0n) is 10.6. The Kier molecular flexibility index (Phi) is 3.57. The van der Waals surface area contributed by atoms with Gasteiger partial charge in [-0.25, -0.2) is 9.37 Å². The van der Waals surface area contributed by atoms with Crippen LogP contribution in [0.15, 0.2) is 35.5 Å². The van der Waals surface area contributed by atoms with Crippen LogP contribution in [-0.2, 0) is 16.4 Å². The maximum atomic E-state index is 13.1. The lowest BCUT2D eigenvalue weighted by atomic mass is 10.3. The second kappa shape index (κ2) is 5.00. The number of nitrogens with one attached hydrogen (secondary N) is 1. The highest BCUT2D eigenvalue weighted by Crippen LogP contribution is 2.21. The van der Waals surface area contributed by atoms with Crippen molar-refractivity contribution in [1.29, 1.82) is 0 Å². The minimum absolute atomic E-state index is 0.00360. The first-order valence-corrected chi connectivity index (χ1v) is 7.17. The molecule has 0 aliphatic rings. The van der Waals surface area contributed by atoms with Gasteiger partial charge in [0.15, 0.2) is 5.03 Å². The fourth-order valence-electron chi connectivity index (χ4n) is 1.61. The van der Waals surface area contributed by atoms with Gasteiger partial charge >= 0.3 is 0 Å². The number of sulfonamides is 1. The molecule has 0 spiro atoms. The molecule has 1 aromatic heterocycles. The molecule has 0 aliphatic carbocycles. The molecule has 1 N–H and O–H groups in total. The summed E-state index contributed by atoms with van der Waals surface area (Å²) >= 11 is 0. The van der Waals surface area contributed by atoms with E-state index in [-0.39, 0.29) is 10.7 Å².